The summed E-state index contributed by atoms with van der Waals surface area (Å²) in [4.78, 5) is 0. The van der Waals surface area contributed by atoms with E-state index in [1.807, 2.05) is 36.4 Å². The number of halogens is 2. The Morgan fingerprint density at radius 2 is 1.61 bits per heavy atom. The molecule has 0 fully saturated rings. The van der Waals surface area contributed by atoms with E-state index in [2.05, 4.69) is 29.8 Å². The summed E-state index contributed by atoms with van der Waals surface area (Å²) in [5.74, 6) is 12.0. The Morgan fingerprint density at radius 1 is 0.848 bits per heavy atom. The summed E-state index contributed by atoms with van der Waals surface area (Å²) < 4.78 is 18.2. The number of ether oxygens (including phenoxy) is 1. The molecule has 33 heavy (non-hydrogen) atoms. The van der Waals surface area contributed by atoms with E-state index in [1.54, 1.807) is 31.4 Å². The average Bonchev–Trinajstić information content (AvgIpc) is 2.83. The molecule has 3 rings (SSSR count). The number of benzene rings is 3. The minimum Gasteiger partial charge on any atom is -0.495 e. The minimum absolute atomic E-state index is 0.359. The van der Waals surface area contributed by atoms with Crippen molar-refractivity contribution in [1.82, 2.24) is 0 Å². The highest BCUT2D eigenvalue weighted by atomic mass is 35.5. The molecule has 5 heteroatoms. The molecule has 0 aliphatic heterocycles. The summed E-state index contributed by atoms with van der Waals surface area (Å²) in [7, 11) is 1.55. The van der Waals surface area contributed by atoms with Gasteiger partial charge < -0.3 is 4.74 Å². The quantitative estimate of drug-likeness (QED) is 0.335. The van der Waals surface area contributed by atoms with Crippen molar-refractivity contribution in [1.29, 1.82) is 10.5 Å². The van der Waals surface area contributed by atoms with Crippen molar-refractivity contribution in [2.45, 2.75) is 19.3 Å². The van der Waals surface area contributed by atoms with E-state index in [0.29, 0.717) is 34.7 Å². The maximum absolute atomic E-state index is 13.0. The van der Waals surface area contributed by atoms with Gasteiger partial charge in [-0.2, -0.15) is 10.5 Å². The van der Waals surface area contributed by atoms with E-state index in [0.717, 1.165) is 17.5 Å². The van der Waals surface area contributed by atoms with Gasteiger partial charge >= 0.3 is 0 Å². The number of nitriles is 2. The zero-order valence-corrected chi connectivity index (χ0v) is 18.8. The highest BCUT2D eigenvalue weighted by Crippen LogP contribution is 2.18. The number of methoxy groups -OCH3 is 1. The van der Waals surface area contributed by atoms with Crippen LogP contribution in [0.2, 0.25) is 5.02 Å². The monoisotopic (exact) mass is 454 g/mol. The van der Waals surface area contributed by atoms with Gasteiger partial charge in [-0.3, -0.25) is 0 Å². The van der Waals surface area contributed by atoms with Crippen molar-refractivity contribution < 1.29 is 9.13 Å². The lowest BCUT2D eigenvalue weighted by atomic mass is 10.1. The first kappa shape index (κ1) is 25.0. The molecule has 0 N–H and O–H groups in total. The molecule has 0 atom stereocenters. The first-order valence-electron chi connectivity index (χ1n) is 10.0. The number of hydrogen-bond donors (Lipinski definition) is 0. The normalized spacial score (nSPS) is 8.88. The van der Waals surface area contributed by atoms with Crippen molar-refractivity contribution in [2.75, 3.05) is 7.11 Å². The molecule has 0 aliphatic rings. The molecule has 162 valence electrons. The van der Waals surface area contributed by atoms with Crippen LogP contribution in [0.4, 0.5) is 4.39 Å². The Morgan fingerprint density at radius 3 is 2.27 bits per heavy atom. The molecule has 0 aromatic heterocycles. The highest BCUT2D eigenvalue weighted by molar-refractivity contribution is 6.30. The molecule has 0 spiro atoms. The maximum atomic E-state index is 13.0. The minimum atomic E-state index is -0.370. The first-order valence-corrected chi connectivity index (χ1v) is 10.4. The third-order valence-corrected chi connectivity index (χ3v) is 4.35. The smallest absolute Gasteiger partial charge is 0.135 e. The van der Waals surface area contributed by atoms with E-state index in [-0.39, 0.29) is 5.82 Å². The number of hydrogen-bond acceptors (Lipinski definition) is 3. The largest absolute Gasteiger partial charge is 0.495 e. The number of unbranched alkanes of at least 4 members (excludes halogenated alkanes) is 2. The fourth-order valence-electron chi connectivity index (χ4n) is 2.57. The Balaban J connectivity index is 0.000000234. The topological polar surface area (TPSA) is 56.8 Å². The second-order valence-electron chi connectivity index (χ2n) is 6.61. The van der Waals surface area contributed by atoms with Gasteiger partial charge in [0.25, 0.3) is 0 Å². The van der Waals surface area contributed by atoms with Crippen LogP contribution in [0, 0.1) is 52.2 Å². The van der Waals surface area contributed by atoms with E-state index in [4.69, 9.17) is 26.9 Å². The third kappa shape index (κ3) is 9.21. The molecule has 0 unspecified atom stereocenters. The van der Waals surface area contributed by atoms with E-state index >= 15 is 0 Å². The number of rotatable bonds is 3. The van der Waals surface area contributed by atoms with Crippen molar-refractivity contribution in [2.24, 2.45) is 0 Å². The molecule has 0 bridgehead atoms. The summed E-state index contributed by atoms with van der Waals surface area (Å²) >= 11 is 5.72. The SMILES string of the molecule is COc1cc(C#N)ccc1C#CCCCC#N.Fc1cc(Cl)cc(C#Cc2ccccc2)c1. The van der Waals surface area contributed by atoms with Crippen LogP contribution in [0.5, 0.6) is 5.75 Å². The molecule has 0 amide bonds. The average molecular weight is 455 g/mol. The molecule has 0 saturated carbocycles. The second kappa shape index (κ2) is 14.0. The maximum Gasteiger partial charge on any atom is 0.135 e. The summed E-state index contributed by atoms with van der Waals surface area (Å²) in [5, 5.41) is 17.5. The Hall–Kier alpha value is -4.22. The summed E-state index contributed by atoms with van der Waals surface area (Å²) in [6.07, 6.45) is 2.00. The molecule has 3 nitrogen and oxygen atoms in total. The van der Waals surface area contributed by atoms with Crippen LogP contribution >= 0.6 is 11.6 Å². The molecule has 3 aromatic carbocycles. The third-order valence-electron chi connectivity index (χ3n) is 4.13. The summed E-state index contributed by atoms with van der Waals surface area (Å²) in [5.41, 5.74) is 2.79. The van der Waals surface area contributed by atoms with Crippen LogP contribution in [0.25, 0.3) is 0 Å². The second-order valence-corrected chi connectivity index (χ2v) is 7.05. The lowest BCUT2D eigenvalue weighted by Crippen LogP contribution is -1.88. The predicted molar refractivity (Wildman–Crippen MR) is 128 cm³/mol. The zero-order chi connectivity index (χ0) is 23.9. The predicted octanol–water partition coefficient (Wildman–Crippen LogP) is 6.49. The van der Waals surface area contributed by atoms with Gasteiger partial charge in [0, 0.05) is 29.0 Å². The Kier molecular flexibility index (Phi) is 10.6. The zero-order valence-electron chi connectivity index (χ0n) is 18.0. The van der Waals surface area contributed by atoms with Gasteiger partial charge in [0.1, 0.15) is 11.6 Å². The lowest BCUT2D eigenvalue weighted by molar-refractivity contribution is 0.413. The van der Waals surface area contributed by atoms with Crippen molar-refractivity contribution >= 4 is 11.6 Å². The van der Waals surface area contributed by atoms with Crippen molar-refractivity contribution in [3.63, 3.8) is 0 Å². The fraction of sp³-hybridized carbons (Fsp3) is 0.143. The molecule has 0 aliphatic carbocycles. The molecule has 0 saturated heterocycles. The van der Waals surface area contributed by atoms with Gasteiger partial charge in [0.05, 0.1) is 30.4 Å². The molecule has 3 aromatic rings. The first-order chi connectivity index (χ1) is 16.0. The van der Waals surface area contributed by atoms with Crippen LogP contribution in [0.15, 0.2) is 66.7 Å². The van der Waals surface area contributed by atoms with Crippen LogP contribution in [-0.4, -0.2) is 7.11 Å². The van der Waals surface area contributed by atoms with Gasteiger partial charge in [0.2, 0.25) is 0 Å². The summed E-state index contributed by atoms with van der Waals surface area (Å²) in [6.45, 7) is 0. The Bertz CT molecular complexity index is 1260. The van der Waals surface area contributed by atoms with Crippen LogP contribution < -0.4 is 4.74 Å². The standard InChI is InChI=1S/C14H8ClF.C14H12N2O/c15-13-8-12(9-14(16)10-13)7-6-11-4-2-1-3-5-11;1-17-14-10-12(11-16)7-8-13(14)6-4-2-3-5-9-15/h1-5,8-10H;7-8,10H,2-3,5H2,1H3. The van der Waals surface area contributed by atoms with Gasteiger partial charge in [-0.1, -0.05) is 53.5 Å². The fourth-order valence-corrected chi connectivity index (χ4v) is 2.79. The highest BCUT2D eigenvalue weighted by Gasteiger charge is 2.01. The van der Waals surface area contributed by atoms with Crippen LogP contribution in [0.3, 0.4) is 0 Å². The van der Waals surface area contributed by atoms with E-state index < -0.39 is 0 Å². The van der Waals surface area contributed by atoms with Gasteiger partial charge in [-0.25, -0.2) is 4.39 Å². The van der Waals surface area contributed by atoms with Gasteiger partial charge in [-0.15, -0.1) is 0 Å². The van der Waals surface area contributed by atoms with Crippen LogP contribution in [-0.2, 0) is 0 Å². The van der Waals surface area contributed by atoms with Gasteiger partial charge in [-0.05, 0) is 55.0 Å². The van der Waals surface area contributed by atoms with E-state index in [9.17, 15) is 4.39 Å². The summed E-state index contributed by atoms with van der Waals surface area (Å²) in [6, 6.07) is 23.1. The lowest BCUT2D eigenvalue weighted by Gasteiger charge is -2.02. The molecular weight excluding hydrogens is 435 g/mol. The van der Waals surface area contributed by atoms with E-state index in [1.165, 1.54) is 12.1 Å². The number of nitrogens with zero attached hydrogens (tertiary/aromatic N) is 2. The van der Waals surface area contributed by atoms with Crippen molar-refractivity contribution in [3.05, 3.63) is 99.8 Å². The van der Waals surface area contributed by atoms with Gasteiger partial charge in [0.15, 0.2) is 0 Å². The Labute approximate surface area is 199 Å². The van der Waals surface area contributed by atoms with Crippen molar-refractivity contribution in [3.8, 4) is 41.6 Å². The van der Waals surface area contributed by atoms with Crippen LogP contribution in [0.1, 0.15) is 41.5 Å². The molecular formula is C28H20ClFN2O. The molecule has 0 heterocycles. The molecule has 0 radical (unpaired) electrons.